The topological polar surface area (TPSA) is 87.2 Å². The number of carbonyl (C=O) groups excluding carboxylic acids is 2. The van der Waals surface area contributed by atoms with Gasteiger partial charge < -0.3 is 15.5 Å². The molecule has 1 atom stereocenters. The molecule has 9 heteroatoms. The van der Waals surface area contributed by atoms with Crippen molar-refractivity contribution >= 4 is 29.0 Å². The van der Waals surface area contributed by atoms with Gasteiger partial charge in [-0.15, -0.1) is 10.2 Å². The van der Waals surface area contributed by atoms with Gasteiger partial charge in [-0.1, -0.05) is 41.2 Å². The second-order valence-corrected chi connectivity index (χ2v) is 8.85. The van der Waals surface area contributed by atoms with E-state index in [0.717, 1.165) is 23.4 Å². The highest BCUT2D eigenvalue weighted by atomic mass is 32.1. The van der Waals surface area contributed by atoms with Crippen molar-refractivity contribution in [3.05, 3.63) is 75.5 Å². The van der Waals surface area contributed by atoms with Gasteiger partial charge >= 0.3 is 6.03 Å². The lowest BCUT2D eigenvalue weighted by Gasteiger charge is -2.31. The number of halogens is 1. The van der Waals surface area contributed by atoms with Gasteiger partial charge in [-0.05, 0) is 49.6 Å². The standard InChI is InChI=1S/C23H24FN5O2S/c1-15-4-6-16(7-5-15)13-25-23(31)29-12-2-3-17(14-29)21-27-28-22(32-21)20(30)26-19-10-8-18(24)9-11-19/h4-11,17H,2-3,12-14H2,1H3,(H,25,31)(H,26,30)/t17-/m1/s1. The number of aromatic nitrogens is 2. The van der Waals surface area contributed by atoms with E-state index in [-0.39, 0.29) is 28.7 Å². The molecule has 0 radical (unpaired) electrons. The first kappa shape index (κ1) is 21.9. The molecule has 1 aliphatic rings. The van der Waals surface area contributed by atoms with Crippen LogP contribution in [-0.2, 0) is 6.54 Å². The zero-order valence-corrected chi connectivity index (χ0v) is 18.5. The Morgan fingerprint density at radius 3 is 2.62 bits per heavy atom. The second kappa shape index (κ2) is 9.86. The third-order valence-electron chi connectivity index (χ3n) is 5.36. The van der Waals surface area contributed by atoms with Crippen molar-refractivity contribution in [2.75, 3.05) is 18.4 Å². The van der Waals surface area contributed by atoms with E-state index in [1.54, 1.807) is 4.90 Å². The number of anilines is 1. The number of aryl methyl sites for hydroxylation is 1. The van der Waals surface area contributed by atoms with Crippen LogP contribution in [0.1, 0.15) is 44.7 Å². The molecule has 1 aromatic heterocycles. The number of hydrogen-bond acceptors (Lipinski definition) is 5. The molecule has 0 bridgehead atoms. The lowest BCUT2D eigenvalue weighted by molar-refractivity contribution is 0.102. The summed E-state index contributed by atoms with van der Waals surface area (Å²) < 4.78 is 13.0. The summed E-state index contributed by atoms with van der Waals surface area (Å²) >= 11 is 1.23. The second-order valence-electron chi connectivity index (χ2n) is 7.84. The first-order valence-electron chi connectivity index (χ1n) is 10.5. The van der Waals surface area contributed by atoms with Gasteiger partial charge in [0.2, 0.25) is 5.01 Å². The predicted molar refractivity (Wildman–Crippen MR) is 121 cm³/mol. The summed E-state index contributed by atoms with van der Waals surface area (Å²) in [7, 11) is 0. The van der Waals surface area contributed by atoms with Gasteiger partial charge in [0.1, 0.15) is 10.8 Å². The molecule has 0 spiro atoms. The highest BCUT2D eigenvalue weighted by molar-refractivity contribution is 7.13. The van der Waals surface area contributed by atoms with Gasteiger partial charge in [-0.2, -0.15) is 0 Å². The summed E-state index contributed by atoms with van der Waals surface area (Å²) in [4.78, 5) is 26.9. The molecule has 7 nitrogen and oxygen atoms in total. The van der Waals surface area contributed by atoms with Gasteiger partial charge in [-0.25, -0.2) is 9.18 Å². The molecule has 3 amide bonds. The summed E-state index contributed by atoms with van der Waals surface area (Å²) in [5.41, 5.74) is 2.72. The Bertz CT molecular complexity index is 1080. The van der Waals surface area contributed by atoms with E-state index >= 15 is 0 Å². The van der Waals surface area contributed by atoms with E-state index in [9.17, 15) is 14.0 Å². The van der Waals surface area contributed by atoms with Crippen molar-refractivity contribution in [3.63, 3.8) is 0 Å². The SMILES string of the molecule is Cc1ccc(CNC(=O)N2CCC[C@@H](c3nnc(C(=O)Nc4ccc(F)cc4)s3)C2)cc1. The molecule has 32 heavy (non-hydrogen) atoms. The molecule has 1 fully saturated rings. The average Bonchev–Trinajstić information content (AvgIpc) is 3.31. The van der Waals surface area contributed by atoms with E-state index in [2.05, 4.69) is 20.8 Å². The maximum absolute atomic E-state index is 13.0. The number of likely N-dealkylation sites (tertiary alicyclic amines) is 1. The van der Waals surface area contributed by atoms with Crippen LogP contribution in [0.3, 0.4) is 0 Å². The summed E-state index contributed by atoms with van der Waals surface area (Å²) in [6.45, 7) is 3.73. The Balaban J connectivity index is 1.33. The number of nitrogens with zero attached hydrogens (tertiary/aromatic N) is 3. The van der Waals surface area contributed by atoms with Gasteiger partial charge in [0, 0.05) is 31.2 Å². The minimum Gasteiger partial charge on any atom is -0.334 e. The Kier molecular flexibility index (Phi) is 6.75. The molecule has 2 heterocycles. The molecule has 1 aliphatic heterocycles. The molecule has 166 valence electrons. The minimum atomic E-state index is -0.385. The summed E-state index contributed by atoms with van der Waals surface area (Å²) in [5.74, 6) is -0.714. The lowest BCUT2D eigenvalue weighted by atomic mass is 9.99. The molecule has 2 aromatic carbocycles. The smallest absolute Gasteiger partial charge is 0.317 e. The fraction of sp³-hybridized carbons (Fsp3) is 0.304. The Hall–Kier alpha value is -3.33. The van der Waals surface area contributed by atoms with Crippen molar-refractivity contribution in [2.45, 2.75) is 32.2 Å². The van der Waals surface area contributed by atoms with Gasteiger partial charge in [0.15, 0.2) is 0 Å². The number of amides is 3. The van der Waals surface area contributed by atoms with Crippen molar-refractivity contribution in [1.82, 2.24) is 20.4 Å². The molecule has 1 saturated heterocycles. The van der Waals surface area contributed by atoms with Crippen molar-refractivity contribution in [3.8, 4) is 0 Å². The van der Waals surface area contributed by atoms with Gasteiger partial charge in [0.25, 0.3) is 5.91 Å². The quantitative estimate of drug-likeness (QED) is 0.602. The van der Waals surface area contributed by atoms with E-state index in [1.807, 2.05) is 31.2 Å². The molecular formula is C23H24FN5O2S. The van der Waals surface area contributed by atoms with Gasteiger partial charge in [0.05, 0.1) is 0 Å². The maximum Gasteiger partial charge on any atom is 0.317 e. The molecule has 0 saturated carbocycles. The van der Waals surface area contributed by atoms with Crippen LogP contribution >= 0.6 is 11.3 Å². The predicted octanol–water partition coefficient (Wildman–Crippen LogP) is 4.33. The summed E-state index contributed by atoms with van der Waals surface area (Å²) in [6.07, 6.45) is 1.75. The van der Waals surface area contributed by atoms with Crippen LogP contribution < -0.4 is 10.6 Å². The number of benzene rings is 2. The normalized spacial score (nSPS) is 15.9. The molecule has 0 unspecified atom stereocenters. The number of rotatable bonds is 5. The Labute approximate surface area is 189 Å². The monoisotopic (exact) mass is 453 g/mol. The number of piperidine rings is 1. The maximum atomic E-state index is 13.0. The highest BCUT2D eigenvalue weighted by Crippen LogP contribution is 2.29. The summed E-state index contributed by atoms with van der Waals surface area (Å²) in [6, 6.07) is 13.5. The number of nitrogens with one attached hydrogen (secondary N) is 2. The average molecular weight is 454 g/mol. The first-order valence-corrected chi connectivity index (χ1v) is 11.3. The Morgan fingerprint density at radius 1 is 1.12 bits per heavy atom. The summed E-state index contributed by atoms with van der Waals surface area (Å²) in [5, 5.41) is 14.9. The number of urea groups is 1. The fourth-order valence-electron chi connectivity index (χ4n) is 3.57. The van der Waals surface area contributed by atoms with Crippen molar-refractivity contribution in [2.24, 2.45) is 0 Å². The molecule has 4 rings (SSSR count). The first-order chi connectivity index (χ1) is 15.5. The molecule has 2 N–H and O–H groups in total. The van der Waals surface area contributed by atoms with Gasteiger partial charge in [-0.3, -0.25) is 4.79 Å². The largest absolute Gasteiger partial charge is 0.334 e. The third-order valence-corrected chi connectivity index (χ3v) is 6.44. The third kappa shape index (κ3) is 5.47. The van der Waals surface area contributed by atoms with Crippen LogP contribution in [0.15, 0.2) is 48.5 Å². The van der Waals surface area contributed by atoms with Crippen molar-refractivity contribution < 1.29 is 14.0 Å². The lowest BCUT2D eigenvalue weighted by Crippen LogP contribution is -2.44. The van der Waals surface area contributed by atoms with Crippen LogP contribution in [0.2, 0.25) is 0 Å². The molecule has 0 aliphatic carbocycles. The van der Waals surface area contributed by atoms with Crippen LogP contribution in [-0.4, -0.2) is 40.1 Å². The highest BCUT2D eigenvalue weighted by Gasteiger charge is 2.28. The van der Waals surface area contributed by atoms with E-state index < -0.39 is 0 Å². The Morgan fingerprint density at radius 2 is 1.88 bits per heavy atom. The minimum absolute atomic E-state index is 0.0405. The van der Waals surface area contributed by atoms with E-state index in [4.69, 9.17) is 0 Å². The fourth-order valence-corrected chi connectivity index (χ4v) is 4.43. The van der Waals surface area contributed by atoms with Crippen LogP contribution in [0.4, 0.5) is 14.9 Å². The van der Waals surface area contributed by atoms with Crippen LogP contribution in [0.25, 0.3) is 0 Å². The zero-order valence-electron chi connectivity index (χ0n) is 17.7. The van der Waals surface area contributed by atoms with E-state index in [0.29, 0.717) is 25.3 Å². The molecular weight excluding hydrogens is 429 g/mol. The molecule has 3 aromatic rings. The van der Waals surface area contributed by atoms with E-state index in [1.165, 1.54) is 41.2 Å². The van der Waals surface area contributed by atoms with Crippen molar-refractivity contribution in [1.29, 1.82) is 0 Å². The number of hydrogen-bond donors (Lipinski definition) is 2. The van der Waals surface area contributed by atoms with Crippen LogP contribution in [0, 0.1) is 12.7 Å². The number of carbonyl (C=O) groups is 2. The van der Waals surface area contributed by atoms with Crippen LogP contribution in [0.5, 0.6) is 0 Å². The zero-order chi connectivity index (χ0) is 22.5.